The van der Waals surface area contributed by atoms with E-state index in [2.05, 4.69) is 15.3 Å². The Bertz CT molecular complexity index is 529. The Morgan fingerprint density at radius 1 is 1.43 bits per heavy atom. The van der Waals surface area contributed by atoms with Gasteiger partial charge >= 0.3 is 0 Å². The van der Waals surface area contributed by atoms with Gasteiger partial charge < -0.3 is 14.8 Å². The van der Waals surface area contributed by atoms with Crippen molar-refractivity contribution in [2.75, 3.05) is 26.9 Å². The summed E-state index contributed by atoms with van der Waals surface area (Å²) < 4.78 is 10.5. The number of hydrogen-bond acceptors (Lipinski definition) is 5. The first kappa shape index (κ1) is 15.4. The number of methoxy groups -OCH3 is 1. The molecule has 0 radical (unpaired) electrons. The van der Waals surface area contributed by atoms with E-state index in [1.54, 1.807) is 13.3 Å². The van der Waals surface area contributed by atoms with Crippen LogP contribution in [0.2, 0.25) is 0 Å². The number of pyridine rings is 1. The standard InChI is InChI=1S/C15H21N3O3/c1-3-4-16-14(19)8-12-7-11-9-18-15(13(11)10-17-12)21-6-5-20-2/h7,10H,3-6,8-9H2,1-2H3,(H,16,19). The summed E-state index contributed by atoms with van der Waals surface area (Å²) in [5.41, 5.74) is 2.72. The number of amides is 1. The van der Waals surface area contributed by atoms with Crippen LogP contribution in [0.25, 0.3) is 0 Å². The number of nitrogens with zero attached hydrogens (tertiary/aromatic N) is 2. The summed E-state index contributed by atoms with van der Waals surface area (Å²) in [6.07, 6.45) is 2.96. The van der Waals surface area contributed by atoms with Crippen LogP contribution in [0.5, 0.6) is 0 Å². The first-order chi connectivity index (χ1) is 10.2. The molecule has 1 aliphatic rings. The second-order valence-corrected chi connectivity index (χ2v) is 4.82. The van der Waals surface area contributed by atoms with Crippen LogP contribution in [-0.4, -0.2) is 43.7 Å². The minimum atomic E-state index is -0.000201. The van der Waals surface area contributed by atoms with Gasteiger partial charge in [0.15, 0.2) is 0 Å². The first-order valence-corrected chi connectivity index (χ1v) is 7.15. The fourth-order valence-electron chi connectivity index (χ4n) is 2.05. The number of carbonyl (C=O) groups is 1. The fourth-order valence-corrected chi connectivity index (χ4v) is 2.05. The van der Waals surface area contributed by atoms with Crippen LogP contribution in [0, 0.1) is 0 Å². The molecular weight excluding hydrogens is 270 g/mol. The molecule has 1 aromatic heterocycles. The molecule has 2 heterocycles. The van der Waals surface area contributed by atoms with Gasteiger partial charge in [-0.1, -0.05) is 6.92 Å². The molecule has 1 amide bonds. The molecule has 0 spiro atoms. The molecule has 6 nitrogen and oxygen atoms in total. The summed E-state index contributed by atoms with van der Waals surface area (Å²) in [5, 5.41) is 2.85. The van der Waals surface area contributed by atoms with Gasteiger partial charge in [0.2, 0.25) is 11.8 Å². The molecule has 2 rings (SSSR count). The average Bonchev–Trinajstić information content (AvgIpc) is 2.88. The number of ether oxygens (including phenoxy) is 2. The van der Waals surface area contributed by atoms with Gasteiger partial charge in [-0.3, -0.25) is 9.78 Å². The van der Waals surface area contributed by atoms with Crippen LogP contribution < -0.4 is 5.32 Å². The molecule has 114 valence electrons. The van der Waals surface area contributed by atoms with Crippen molar-refractivity contribution >= 4 is 11.8 Å². The van der Waals surface area contributed by atoms with E-state index in [0.29, 0.717) is 38.6 Å². The van der Waals surface area contributed by atoms with Crippen molar-refractivity contribution in [1.29, 1.82) is 0 Å². The summed E-state index contributed by atoms with van der Waals surface area (Å²) >= 11 is 0. The fraction of sp³-hybridized carbons (Fsp3) is 0.533. The molecule has 0 aliphatic carbocycles. The van der Waals surface area contributed by atoms with Crippen LogP contribution >= 0.6 is 0 Å². The SMILES string of the molecule is CCCNC(=O)Cc1cc2c(cn1)C(OCCOC)=NC2. The molecule has 21 heavy (non-hydrogen) atoms. The highest BCUT2D eigenvalue weighted by Crippen LogP contribution is 2.19. The lowest BCUT2D eigenvalue weighted by Crippen LogP contribution is -2.26. The van der Waals surface area contributed by atoms with E-state index in [9.17, 15) is 4.79 Å². The van der Waals surface area contributed by atoms with Crippen LogP contribution in [0.3, 0.4) is 0 Å². The van der Waals surface area contributed by atoms with Gasteiger partial charge in [-0.25, -0.2) is 4.99 Å². The van der Waals surface area contributed by atoms with Crippen molar-refractivity contribution in [2.24, 2.45) is 4.99 Å². The van der Waals surface area contributed by atoms with E-state index >= 15 is 0 Å². The first-order valence-electron chi connectivity index (χ1n) is 7.15. The van der Waals surface area contributed by atoms with Crippen LogP contribution in [0.1, 0.15) is 30.2 Å². The number of hydrogen-bond donors (Lipinski definition) is 1. The Morgan fingerprint density at radius 3 is 3.05 bits per heavy atom. The van der Waals surface area contributed by atoms with Gasteiger partial charge in [-0.05, 0) is 18.1 Å². The monoisotopic (exact) mass is 291 g/mol. The van der Waals surface area contributed by atoms with Crippen molar-refractivity contribution in [2.45, 2.75) is 26.3 Å². The Balaban J connectivity index is 1.94. The predicted molar refractivity (Wildman–Crippen MR) is 79.3 cm³/mol. The molecule has 1 aromatic rings. The zero-order chi connectivity index (χ0) is 15.1. The maximum Gasteiger partial charge on any atom is 0.226 e. The third-order valence-corrected chi connectivity index (χ3v) is 3.11. The van der Waals surface area contributed by atoms with Crippen molar-refractivity contribution < 1.29 is 14.3 Å². The third-order valence-electron chi connectivity index (χ3n) is 3.11. The lowest BCUT2D eigenvalue weighted by atomic mass is 10.1. The van der Waals surface area contributed by atoms with Crippen LogP contribution in [0.15, 0.2) is 17.3 Å². The molecule has 0 saturated carbocycles. The van der Waals surface area contributed by atoms with E-state index in [-0.39, 0.29) is 5.91 Å². The van der Waals surface area contributed by atoms with Crippen molar-refractivity contribution in [3.05, 3.63) is 29.1 Å². The smallest absolute Gasteiger partial charge is 0.226 e. The number of fused-ring (bicyclic) bond motifs is 1. The molecule has 0 bridgehead atoms. The second-order valence-electron chi connectivity index (χ2n) is 4.82. The second kappa shape index (κ2) is 7.73. The summed E-state index contributed by atoms with van der Waals surface area (Å²) in [6, 6.07) is 1.93. The number of aliphatic imine (C=N–C) groups is 1. The largest absolute Gasteiger partial charge is 0.475 e. The Kier molecular flexibility index (Phi) is 5.68. The molecule has 1 aliphatic heterocycles. The van der Waals surface area contributed by atoms with Crippen molar-refractivity contribution in [3.8, 4) is 0 Å². The minimum Gasteiger partial charge on any atom is -0.475 e. The zero-order valence-electron chi connectivity index (χ0n) is 12.5. The molecular formula is C15H21N3O3. The lowest BCUT2D eigenvalue weighted by molar-refractivity contribution is -0.120. The number of nitrogens with one attached hydrogen (secondary N) is 1. The summed E-state index contributed by atoms with van der Waals surface area (Å²) in [6.45, 7) is 4.29. The van der Waals surface area contributed by atoms with Crippen molar-refractivity contribution in [1.82, 2.24) is 10.3 Å². The summed E-state index contributed by atoms with van der Waals surface area (Å²) in [7, 11) is 1.63. The maximum absolute atomic E-state index is 11.7. The molecule has 0 fully saturated rings. The quantitative estimate of drug-likeness (QED) is 0.763. The molecule has 6 heteroatoms. The van der Waals surface area contributed by atoms with E-state index < -0.39 is 0 Å². The maximum atomic E-state index is 11.7. The van der Waals surface area contributed by atoms with Crippen LogP contribution in [-0.2, 0) is 27.2 Å². The highest BCUT2D eigenvalue weighted by Gasteiger charge is 2.19. The van der Waals surface area contributed by atoms with Gasteiger partial charge in [0.1, 0.15) is 6.61 Å². The summed E-state index contributed by atoms with van der Waals surface area (Å²) in [4.78, 5) is 20.4. The summed E-state index contributed by atoms with van der Waals surface area (Å²) in [5.74, 6) is 0.608. The van der Waals surface area contributed by atoms with E-state index in [1.807, 2.05) is 13.0 Å². The Labute approximate surface area is 124 Å². The number of rotatable bonds is 7. The molecule has 1 N–H and O–H groups in total. The average molecular weight is 291 g/mol. The zero-order valence-corrected chi connectivity index (χ0v) is 12.5. The predicted octanol–water partition coefficient (Wildman–Crippen LogP) is 1.07. The molecule has 0 saturated heterocycles. The topological polar surface area (TPSA) is 72.8 Å². The van der Waals surface area contributed by atoms with Gasteiger partial charge in [0.05, 0.1) is 30.8 Å². The molecule has 0 atom stereocenters. The van der Waals surface area contributed by atoms with E-state index in [1.165, 1.54) is 0 Å². The van der Waals surface area contributed by atoms with Crippen LogP contribution in [0.4, 0.5) is 0 Å². The lowest BCUT2D eigenvalue weighted by Gasteiger charge is -2.07. The highest BCUT2D eigenvalue weighted by molar-refractivity contribution is 5.97. The van der Waals surface area contributed by atoms with E-state index in [4.69, 9.17) is 9.47 Å². The molecule has 0 aromatic carbocycles. The van der Waals surface area contributed by atoms with Gasteiger partial charge in [-0.15, -0.1) is 0 Å². The van der Waals surface area contributed by atoms with Crippen molar-refractivity contribution in [3.63, 3.8) is 0 Å². The normalized spacial score (nSPS) is 12.8. The Morgan fingerprint density at radius 2 is 2.29 bits per heavy atom. The minimum absolute atomic E-state index is 0.000201. The third kappa shape index (κ3) is 4.26. The van der Waals surface area contributed by atoms with E-state index in [0.717, 1.165) is 23.2 Å². The van der Waals surface area contributed by atoms with Gasteiger partial charge in [0, 0.05) is 19.9 Å². The molecule has 0 unspecified atom stereocenters. The number of carbonyl (C=O) groups excluding carboxylic acids is 1. The van der Waals surface area contributed by atoms with Gasteiger partial charge in [-0.2, -0.15) is 0 Å². The van der Waals surface area contributed by atoms with Gasteiger partial charge in [0.25, 0.3) is 0 Å². The highest BCUT2D eigenvalue weighted by atomic mass is 16.5. The number of aromatic nitrogens is 1. The Hall–Kier alpha value is -1.95.